The van der Waals surface area contributed by atoms with Crippen LogP contribution in [-0.2, 0) is 6.42 Å². The van der Waals surface area contributed by atoms with Crippen LogP contribution in [0.2, 0.25) is 0 Å². The van der Waals surface area contributed by atoms with E-state index in [2.05, 4.69) is 22.5 Å². The summed E-state index contributed by atoms with van der Waals surface area (Å²) in [4.78, 5) is 4.46. The molecule has 0 atom stereocenters. The Bertz CT molecular complexity index is 437. The fraction of sp³-hybridized carbons (Fsp3) is 0.200. The Labute approximate surface area is 90.5 Å². The molecule has 70 valence electrons. The summed E-state index contributed by atoms with van der Waals surface area (Å²) >= 11 is 3.32. The third-order valence-corrected chi connectivity index (χ3v) is 3.44. The summed E-state index contributed by atoms with van der Waals surface area (Å²) in [7, 11) is 0. The van der Waals surface area contributed by atoms with E-state index in [1.165, 1.54) is 5.56 Å². The monoisotopic (exact) mass is 220 g/mol. The largest absolute Gasteiger partial charge is 0.241 e. The number of nitrogens with zero attached hydrogens (tertiary/aromatic N) is 2. The summed E-state index contributed by atoms with van der Waals surface area (Å²) in [6.07, 6.45) is 1.31. The zero-order chi connectivity index (χ0) is 9.80. The minimum atomic E-state index is 0.548. The Morgan fingerprint density at radius 2 is 2.36 bits per heavy atom. The average molecular weight is 220 g/mol. The Balaban J connectivity index is 2.15. The van der Waals surface area contributed by atoms with Crippen molar-refractivity contribution in [3.05, 3.63) is 27.9 Å². The average Bonchev–Trinajstić information content (AvgIpc) is 2.85. The highest BCUT2D eigenvalue weighted by atomic mass is 32.1. The van der Waals surface area contributed by atoms with Gasteiger partial charge in [-0.05, 0) is 11.4 Å². The van der Waals surface area contributed by atoms with E-state index in [9.17, 15) is 0 Å². The van der Waals surface area contributed by atoms with E-state index in [1.807, 2.05) is 10.8 Å². The fourth-order valence-electron chi connectivity index (χ4n) is 1.12. The Morgan fingerprint density at radius 3 is 3.07 bits per heavy atom. The highest BCUT2D eigenvalue weighted by molar-refractivity contribution is 7.14. The summed E-state index contributed by atoms with van der Waals surface area (Å²) in [5.41, 5.74) is 2.21. The lowest BCUT2D eigenvalue weighted by Crippen LogP contribution is -1.82. The zero-order valence-corrected chi connectivity index (χ0v) is 9.07. The van der Waals surface area contributed by atoms with Gasteiger partial charge < -0.3 is 0 Å². The molecule has 0 aromatic carbocycles. The quantitative estimate of drug-likeness (QED) is 0.795. The molecule has 0 fully saturated rings. The minimum Gasteiger partial charge on any atom is -0.241 e. The van der Waals surface area contributed by atoms with Crippen LogP contribution in [0.3, 0.4) is 0 Å². The molecule has 2 aromatic rings. The van der Waals surface area contributed by atoms with Crippen LogP contribution in [0.25, 0.3) is 10.6 Å². The van der Waals surface area contributed by atoms with Gasteiger partial charge in [-0.15, -0.1) is 11.3 Å². The second-order valence-electron chi connectivity index (χ2n) is 2.81. The molecule has 14 heavy (non-hydrogen) atoms. The summed E-state index contributed by atoms with van der Waals surface area (Å²) in [6, 6.07) is 4.19. The third kappa shape index (κ3) is 2.00. The van der Waals surface area contributed by atoms with Crippen molar-refractivity contribution in [2.45, 2.75) is 12.8 Å². The van der Waals surface area contributed by atoms with E-state index in [-0.39, 0.29) is 0 Å². The number of nitriles is 1. The second kappa shape index (κ2) is 4.36. The van der Waals surface area contributed by atoms with Gasteiger partial charge in [0.05, 0.1) is 11.8 Å². The number of aryl methyl sites for hydroxylation is 1. The molecule has 0 aliphatic carbocycles. The van der Waals surface area contributed by atoms with Gasteiger partial charge in [-0.25, -0.2) is 4.98 Å². The lowest BCUT2D eigenvalue weighted by Gasteiger charge is -1.88. The van der Waals surface area contributed by atoms with Crippen molar-refractivity contribution in [2.75, 3.05) is 0 Å². The molecule has 0 saturated carbocycles. The van der Waals surface area contributed by atoms with Gasteiger partial charge in [0.15, 0.2) is 0 Å². The number of hydrogen-bond acceptors (Lipinski definition) is 4. The van der Waals surface area contributed by atoms with Crippen LogP contribution >= 0.6 is 22.7 Å². The number of aromatic nitrogens is 1. The van der Waals surface area contributed by atoms with Gasteiger partial charge in [-0.2, -0.15) is 16.6 Å². The van der Waals surface area contributed by atoms with E-state index in [1.54, 1.807) is 22.7 Å². The molecule has 0 N–H and O–H groups in total. The van der Waals surface area contributed by atoms with Gasteiger partial charge in [0.2, 0.25) is 0 Å². The standard InChI is InChI=1S/C10H8N2S2/c11-4-1-2-9-7-14-10(12-9)8-3-5-13-6-8/h3,5-7H,1-2H2. The summed E-state index contributed by atoms with van der Waals surface area (Å²) in [6.45, 7) is 0. The van der Waals surface area contributed by atoms with Crippen molar-refractivity contribution in [3.63, 3.8) is 0 Å². The smallest absolute Gasteiger partial charge is 0.124 e. The second-order valence-corrected chi connectivity index (χ2v) is 4.45. The molecule has 0 bridgehead atoms. The molecular formula is C10H8N2S2. The predicted molar refractivity (Wildman–Crippen MR) is 59.4 cm³/mol. The lowest BCUT2D eigenvalue weighted by atomic mass is 10.3. The van der Waals surface area contributed by atoms with Crippen LogP contribution in [0.1, 0.15) is 12.1 Å². The molecule has 0 saturated heterocycles. The van der Waals surface area contributed by atoms with Crippen LogP contribution in [0.4, 0.5) is 0 Å². The van der Waals surface area contributed by atoms with E-state index in [0.717, 1.165) is 17.1 Å². The molecule has 0 aliphatic heterocycles. The first-order valence-corrected chi connectivity index (χ1v) is 6.06. The maximum Gasteiger partial charge on any atom is 0.124 e. The highest BCUT2D eigenvalue weighted by Gasteiger charge is 2.04. The van der Waals surface area contributed by atoms with Gasteiger partial charge in [-0.3, -0.25) is 0 Å². The van der Waals surface area contributed by atoms with Crippen LogP contribution in [0, 0.1) is 11.3 Å². The van der Waals surface area contributed by atoms with E-state index in [4.69, 9.17) is 5.26 Å². The first kappa shape index (κ1) is 9.38. The molecule has 2 nitrogen and oxygen atoms in total. The lowest BCUT2D eigenvalue weighted by molar-refractivity contribution is 0.969. The molecule has 0 spiro atoms. The van der Waals surface area contributed by atoms with E-state index < -0.39 is 0 Å². The van der Waals surface area contributed by atoms with Gasteiger partial charge in [0.25, 0.3) is 0 Å². The molecule has 2 aromatic heterocycles. The normalized spacial score (nSPS) is 9.93. The van der Waals surface area contributed by atoms with Crippen molar-refractivity contribution in [2.24, 2.45) is 0 Å². The SMILES string of the molecule is N#CCCc1csc(-c2ccsc2)n1. The number of hydrogen-bond donors (Lipinski definition) is 0. The van der Waals surface area contributed by atoms with Gasteiger partial charge in [-0.1, -0.05) is 0 Å². The van der Waals surface area contributed by atoms with Crippen LogP contribution in [-0.4, -0.2) is 4.98 Å². The predicted octanol–water partition coefficient (Wildman–Crippen LogP) is 3.33. The highest BCUT2D eigenvalue weighted by Crippen LogP contribution is 2.25. The van der Waals surface area contributed by atoms with Crippen molar-refractivity contribution < 1.29 is 0 Å². The van der Waals surface area contributed by atoms with Crippen molar-refractivity contribution in [1.29, 1.82) is 5.26 Å². The number of thiophene rings is 1. The molecule has 0 unspecified atom stereocenters. The molecule has 2 rings (SSSR count). The van der Waals surface area contributed by atoms with Gasteiger partial charge >= 0.3 is 0 Å². The molecule has 4 heteroatoms. The summed E-state index contributed by atoms with van der Waals surface area (Å²) in [5.74, 6) is 0. The Kier molecular flexibility index (Phi) is 2.92. The fourth-order valence-corrected chi connectivity index (χ4v) is 2.69. The summed E-state index contributed by atoms with van der Waals surface area (Å²) in [5, 5.41) is 15.7. The molecule has 0 radical (unpaired) electrons. The van der Waals surface area contributed by atoms with E-state index in [0.29, 0.717) is 6.42 Å². The first-order chi connectivity index (χ1) is 6.90. The molecular weight excluding hydrogens is 212 g/mol. The molecule has 0 amide bonds. The van der Waals surface area contributed by atoms with Crippen LogP contribution in [0.5, 0.6) is 0 Å². The maximum absolute atomic E-state index is 8.45. The zero-order valence-electron chi connectivity index (χ0n) is 7.43. The molecule has 0 aliphatic rings. The molecule has 2 heterocycles. The first-order valence-electron chi connectivity index (χ1n) is 4.24. The number of thiazole rings is 1. The van der Waals surface area contributed by atoms with Crippen molar-refractivity contribution >= 4 is 22.7 Å². The Hall–Kier alpha value is -1.18. The third-order valence-electron chi connectivity index (χ3n) is 1.81. The number of rotatable bonds is 3. The van der Waals surface area contributed by atoms with Crippen LogP contribution < -0.4 is 0 Å². The van der Waals surface area contributed by atoms with Crippen molar-refractivity contribution in [1.82, 2.24) is 4.98 Å². The summed E-state index contributed by atoms with van der Waals surface area (Å²) < 4.78 is 0. The van der Waals surface area contributed by atoms with E-state index >= 15 is 0 Å². The van der Waals surface area contributed by atoms with Gasteiger partial charge in [0.1, 0.15) is 5.01 Å². The Morgan fingerprint density at radius 1 is 1.43 bits per heavy atom. The topological polar surface area (TPSA) is 36.7 Å². The van der Waals surface area contributed by atoms with Gasteiger partial charge in [0, 0.05) is 29.2 Å². The van der Waals surface area contributed by atoms with Crippen LogP contribution in [0.15, 0.2) is 22.2 Å². The van der Waals surface area contributed by atoms with Crippen molar-refractivity contribution in [3.8, 4) is 16.6 Å². The maximum atomic E-state index is 8.45. The minimum absolute atomic E-state index is 0.548.